The van der Waals surface area contributed by atoms with Crippen LogP contribution in [0.3, 0.4) is 0 Å². The molecule has 0 aliphatic heterocycles. The van der Waals surface area contributed by atoms with E-state index >= 15 is 0 Å². The highest BCUT2D eigenvalue weighted by Gasteiger charge is 2.12. The molecule has 24 heavy (non-hydrogen) atoms. The Labute approximate surface area is 148 Å². The average molecular weight is 344 g/mol. The van der Waals surface area contributed by atoms with E-state index in [1.807, 2.05) is 61.7 Å². The molecule has 0 aromatic heterocycles. The summed E-state index contributed by atoms with van der Waals surface area (Å²) < 4.78 is 5.88. The first-order chi connectivity index (χ1) is 11.5. The minimum absolute atomic E-state index is 0.289. The Balaban J connectivity index is 1.94. The molecule has 1 atom stereocenters. The molecule has 0 aliphatic carbocycles. The van der Waals surface area contributed by atoms with Crippen molar-refractivity contribution in [3.63, 3.8) is 0 Å². The molecule has 5 heteroatoms. The Morgan fingerprint density at radius 2 is 1.83 bits per heavy atom. The summed E-state index contributed by atoms with van der Waals surface area (Å²) in [6.45, 7) is 6.05. The first-order valence-corrected chi connectivity index (χ1v) is 9.19. The van der Waals surface area contributed by atoms with Crippen LogP contribution in [0.25, 0.3) is 0 Å². The van der Waals surface area contributed by atoms with Gasteiger partial charge in [0.1, 0.15) is 5.75 Å². The molecule has 0 fully saturated rings. The van der Waals surface area contributed by atoms with E-state index < -0.39 is 6.23 Å². The summed E-state index contributed by atoms with van der Waals surface area (Å²) in [6.07, 6.45) is 1.56. The molecule has 2 N–H and O–H groups in total. The zero-order chi connectivity index (χ0) is 17.5. The van der Waals surface area contributed by atoms with Crippen LogP contribution in [0.5, 0.6) is 5.75 Å². The van der Waals surface area contributed by atoms with E-state index in [1.54, 1.807) is 11.8 Å². The number of anilines is 1. The maximum Gasteiger partial charge on any atom is 0.322 e. The maximum absolute atomic E-state index is 12.1. The zero-order valence-corrected chi connectivity index (χ0v) is 15.3. The van der Waals surface area contributed by atoms with Gasteiger partial charge in [-0.25, -0.2) is 4.79 Å². The molecule has 0 saturated heterocycles. The fraction of sp³-hybridized carbons (Fsp3) is 0.316. The van der Waals surface area contributed by atoms with Crippen molar-refractivity contribution in [3.05, 3.63) is 54.1 Å². The minimum Gasteiger partial charge on any atom is -0.471 e. The monoisotopic (exact) mass is 344 g/mol. The second-order valence-corrected chi connectivity index (χ2v) is 6.66. The molecule has 0 aliphatic rings. The Hall–Kier alpha value is -2.14. The number of urea groups is 1. The van der Waals surface area contributed by atoms with Crippen molar-refractivity contribution in [1.29, 1.82) is 0 Å². The molecule has 2 amide bonds. The molecule has 0 radical (unpaired) electrons. The number of carbonyl (C=O) groups excluding carboxylic acids is 1. The van der Waals surface area contributed by atoms with Gasteiger partial charge in [0.05, 0.1) is 0 Å². The van der Waals surface area contributed by atoms with Gasteiger partial charge in [0, 0.05) is 10.6 Å². The Bertz CT molecular complexity index is 689. The van der Waals surface area contributed by atoms with Crippen LogP contribution in [-0.2, 0) is 0 Å². The van der Waals surface area contributed by atoms with Crippen molar-refractivity contribution in [3.8, 4) is 5.75 Å². The van der Waals surface area contributed by atoms with E-state index in [-0.39, 0.29) is 6.03 Å². The van der Waals surface area contributed by atoms with Crippen LogP contribution in [0.4, 0.5) is 10.5 Å². The lowest BCUT2D eigenvalue weighted by Gasteiger charge is -2.20. The van der Waals surface area contributed by atoms with Gasteiger partial charge in [-0.1, -0.05) is 38.1 Å². The van der Waals surface area contributed by atoms with Crippen molar-refractivity contribution in [2.75, 3.05) is 11.6 Å². The van der Waals surface area contributed by atoms with Crippen molar-refractivity contribution in [2.45, 2.75) is 37.8 Å². The zero-order valence-electron chi connectivity index (χ0n) is 14.5. The molecule has 128 valence electrons. The van der Waals surface area contributed by atoms with Crippen LogP contribution in [0.1, 0.15) is 32.3 Å². The Morgan fingerprint density at radius 1 is 1.08 bits per heavy atom. The quantitative estimate of drug-likeness (QED) is 0.567. The van der Waals surface area contributed by atoms with Gasteiger partial charge in [0.2, 0.25) is 0 Å². The molecule has 2 aromatic rings. The number of carbonyl (C=O) groups is 1. The lowest BCUT2D eigenvalue weighted by atomic mass is 10.0. The summed E-state index contributed by atoms with van der Waals surface area (Å²) >= 11 is 1.63. The fourth-order valence-electron chi connectivity index (χ4n) is 2.34. The van der Waals surface area contributed by atoms with Gasteiger partial charge < -0.3 is 15.4 Å². The smallest absolute Gasteiger partial charge is 0.322 e. The van der Waals surface area contributed by atoms with Crippen molar-refractivity contribution < 1.29 is 9.53 Å². The van der Waals surface area contributed by atoms with Crippen LogP contribution < -0.4 is 15.4 Å². The SMILES string of the molecule is CSc1cccc(NC(=O)NC(C)Oc2ccccc2C(C)C)c1. The third-order valence-corrected chi connectivity index (χ3v) is 4.23. The molecule has 4 nitrogen and oxygen atoms in total. The number of ether oxygens (including phenoxy) is 1. The van der Waals surface area contributed by atoms with Crippen molar-refractivity contribution >= 4 is 23.5 Å². The third-order valence-electron chi connectivity index (χ3n) is 3.51. The average Bonchev–Trinajstić information content (AvgIpc) is 2.55. The lowest BCUT2D eigenvalue weighted by molar-refractivity contribution is 0.181. The van der Waals surface area contributed by atoms with Crippen LogP contribution in [0.15, 0.2) is 53.4 Å². The highest BCUT2D eigenvalue weighted by atomic mass is 32.2. The van der Waals surface area contributed by atoms with Crippen LogP contribution >= 0.6 is 11.8 Å². The number of nitrogens with one attached hydrogen (secondary N) is 2. The Kier molecular flexibility index (Phi) is 6.55. The highest BCUT2D eigenvalue weighted by Crippen LogP contribution is 2.26. The van der Waals surface area contributed by atoms with E-state index in [0.29, 0.717) is 5.92 Å². The minimum atomic E-state index is -0.436. The van der Waals surface area contributed by atoms with Gasteiger partial charge in [-0.15, -0.1) is 11.8 Å². The molecule has 0 spiro atoms. The van der Waals surface area contributed by atoms with E-state index in [1.165, 1.54) is 0 Å². The molecular formula is C19H24N2O2S. The summed E-state index contributed by atoms with van der Waals surface area (Å²) in [5.74, 6) is 1.15. The Morgan fingerprint density at radius 3 is 2.54 bits per heavy atom. The van der Waals surface area contributed by atoms with Gasteiger partial charge in [0.15, 0.2) is 6.23 Å². The van der Waals surface area contributed by atoms with E-state index in [2.05, 4.69) is 24.5 Å². The van der Waals surface area contributed by atoms with E-state index in [0.717, 1.165) is 21.9 Å². The summed E-state index contributed by atoms with van der Waals surface area (Å²) in [6, 6.07) is 15.3. The molecular weight excluding hydrogens is 320 g/mol. The van der Waals surface area contributed by atoms with Gasteiger partial charge in [-0.2, -0.15) is 0 Å². The predicted molar refractivity (Wildman–Crippen MR) is 101 cm³/mol. The van der Waals surface area contributed by atoms with Crippen molar-refractivity contribution in [2.24, 2.45) is 0 Å². The summed E-state index contributed by atoms with van der Waals surface area (Å²) in [7, 11) is 0. The molecule has 0 heterocycles. The van der Waals surface area contributed by atoms with Gasteiger partial charge >= 0.3 is 6.03 Å². The molecule has 2 aromatic carbocycles. The van der Waals surface area contributed by atoms with Crippen LogP contribution in [0.2, 0.25) is 0 Å². The summed E-state index contributed by atoms with van der Waals surface area (Å²) in [5, 5.41) is 5.63. The lowest BCUT2D eigenvalue weighted by Crippen LogP contribution is -2.39. The molecule has 0 bridgehead atoms. The van der Waals surface area contributed by atoms with Gasteiger partial charge in [0.25, 0.3) is 0 Å². The van der Waals surface area contributed by atoms with E-state index in [4.69, 9.17) is 4.74 Å². The normalized spacial score (nSPS) is 11.9. The number of para-hydroxylation sites is 1. The number of thioether (sulfide) groups is 1. The van der Waals surface area contributed by atoms with Gasteiger partial charge in [-0.3, -0.25) is 0 Å². The molecule has 1 unspecified atom stereocenters. The van der Waals surface area contributed by atoms with Crippen LogP contribution in [0, 0.1) is 0 Å². The van der Waals surface area contributed by atoms with Crippen molar-refractivity contribution in [1.82, 2.24) is 5.32 Å². The maximum atomic E-state index is 12.1. The first-order valence-electron chi connectivity index (χ1n) is 7.96. The highest BCUT2D eigenvalue weighted by molar-refractivity contribution is 7.98. The number of amides is 2. The molecule has 0 saturated carbocycles. The second-order valence-electron chi connectivity index (χ2n) is 5.78. The second kappa shape index (κ2) is 8.64. The third kappa shape index (κ3) is 5.20. The van der Waals surface area contributed by atoms with E-state index in [9.17, 15) is 4.79 Å². The van der Waals surface area contributed by atoms with Crippen LogP contribution in [-0.4, -0.2) is 18.5 Å². The number of hydrogen-bond donors (Lipinski definition) is 2. The predicted octanol–water partition coefficient (Wildman–Crippen LogP) is 5.08. The topological polar surface area (TPSA) is 50.4 Å². The number of rotatable bonds is 6. The standard InChI is InChI=1S/C19H24N2O2S/c1-13(2)17-10-5-6-11-18(17)23-14(3)20-19(22)21-15-8-7-9-16(12-15)24-4/h5-14H,1-4H3,(H2,20,21,22). The number of hydrogen-bond acceptors (Lipinski definition) is 3. The van der Waals surface area contributed by atoms with Gasteiger partial charge in [-0.05, 0) is 48.9 Å². The largest absolute Gasteiger partial charge is 0.471 e. The first kappa shape index (κ1) is 18.2. The summed E-state index contributed by atoms with van der Waals surface area (Å²) in [4.78, 5) is 13.2. The fourth-order valence-corrected chi connectivity index (χ4v) is 2.80. The number of benzene rings is 2. The molecule has 2 rings (SSSR count). The summed E-state index contributed by atoms with van der Waals surface area (Å²) in [5.41, 5.74) is 1.88.